The van der Waals surface area contributed by atoms with Crippen molar-refractivity contribution in [1.29, 1.82) is 0 Å². The van der Waals surface area contributed by atoms with E-state index in [0.717, 1.165) is 11.0 Å². The van der Waals surface area contributed by atoms with Crippen molar-refractivity contribution in [1.82, 2.24) is 0 Å². The number of rotatable bonds is 2. The van der Waals surface area contributed by atoms with Crippen LogP contribution in [-0.4, -0.2) is 98.0 Å². The van der Waals surface area contributed by atoms with Crippen LogP contribution in [0, 0.1) is 23.7 Å². The fourth-order valence-electron chi connectivity index (χ4n) is 13.8. The molecule has 1 spiro atoms. The van der Waals surface area contributed by atoms with Gasteiger partial charge in [-0.15, -0.1) is 0 Å². The van der Waals surface area contributed by atoms with Gasteiger partial charge in [-0.3, -0.25) is 0 Å². The van der Waals surface area contributed by atoms with Crippen molar-refractivity contribution in [2.45, 2.75) is 61.5 Å². The zero-order chi connectivity index (χ0) is 30.6. The Morgan fingerprint density at radius 2 is 1.79 bits per heavy atom. The third-order valence-electron chi connectivity index (χ3n) is 15.3. The summed E-state index contributed by atoms with van der Waals surface area (Å²) >= 11 is 0. The summed E-state index contributed by atoms with van der Waals surface area (Å²) in [5, 5.41) is 10.3. The van der Waals surface area contributed by atoms with Gasteiger partial charge in [0.05, 0.1) is 63.9 Å². The van der Waals surface area contributed by atoms with Crippen LogP contribution in [0.2, 0.25) is 0 Å². The molecule has 0 aromatic heterocycles. The molecular weight excluding hydrogens is 822 g/mol. The van der Waals surface area contributed by atoms with Gasteiger partial charge in [0, 0.05) is 66.9 Å². The lowest BCUT2D eigenvalue weighted by atomic mass is 9.54. The van der Waals surface area contributed by atoms with Gasteiger partial charge < -0.3 is 76.6 Å². The molecule has 2 aromatic carbocycles. The van der Waals surface area contributed by atoms with Crippen LogP contribution in [0.25, 0.3) is 0 Å². The summed E-state index contributed by atoms with van der Waals surface area (Å²) in [6.45, 7) is 5.57. The summed E-state index contributed by atoms with van der Waals surface area (Å²) in [7, 11) is 5.08. The second-order valence-corrected chi connectivity index (χ2v) is 16.9. The van der Waals surface area contributed by atoms with E-state index in [4.69, 9.17) is 4.74 Å². The van der Waals surface area contributed by atoms with Gasteiger partial charge in [-0.05, 0) is 40.5 Å². The van der Waals surface area contributed by atoms with Gasteiger partial charge >= 0.3 is 0 Å². The fraction of sp³-hybridized carbons (Fsp3) is 0.550. The lowest BCUT2D eigenvalue weighted by Crippen LogP contribution is -3.00. The molecule has 12 unspecified atom stereocenters. The van der Waals surface area contributed by atoms with E-state index in [0.29, 0.717) is 48.4 Å². The Bertz CT molecular complexity index is 1750. The van der Waals surface area contributed by atoms with Crippen molar-refractivity contribution in [2.75, 3.05) is 63.3 Å². The highest BCUT2D eigenvalue weighted by Crippen LogP contribution is 2.67. The lowest BCUT2D eigenvalue weighted by molar-refractivity contribution is -0.925. The van der Waals surface area contributed by atoms with Crippen LogP contribution >= 0.6 is 0 Å². The van der Waals surface area contributed by atoms with Gasteiger partial charge in [0.2, 0.25) is 0 Å². The van der Waals surface area contributed by atoms with E-state index in [9.17, 15) is 5.11 Å². The smallest absolute Gasteiger partial charge is 0.136 e. The molecule has 2 aliphatic carbocycles. The SMILES string of the molecule is C[N+]12CCC3C4C(=CN5c6ccccc6C67CC[N+]8(C)CC9=CCOC(C(C9CC68)C57)N4c4ccccc4)C(CC31)C(=CCO)C2.[I-].[I-]. The quantitative estimate of drug-likeness (QED) is 0.235. The largest absolute Gasteiger partial charge is 1.00 e. The topological polar surface area (TPSA) is 35.9 Å². The summed E-state index contributed by atoms with van der Waals surface area (Å²) in [6, 6.07) is 22.9. The maximum Gasteiger partial charge on any atom is 0.136 e. The number of hydrogen-bond donors (Lipinski definition) is 1. The Labute approximate surface area is 319 Å². The number of piperidine rings is 2. The lowest BCUT2D eigenvalue weighted by Gasteiger charge is -2.62. The Morgan fingerprint density at radius 3 is 2.62 bits per heavy atom. The van der Waals surface area contributed by atoms with Gasteiger partial charge in [-0.2, -0.15) is 0 Å². The zero-order valence-electron chi connectivity index (χ0n) is 28.1. The van der Waals surface area contributed by atoms with Gasteiger partial charge in [-0.25, -0.2) is 0 Å². The molecule has 7 aliphatic heterocycles. The molecule has 6 nitrogen and oxygen atoms in total. The highest BCUT2D eigenvalue weighted by Gasteiger charge is 2.75. The molecule has 48 heavy (non-hydrogen) atoms. The predicted octanol–water partition coefficient (Wildman–Crippen LogP) is -1.17. The molecule has 254 valence electrons. The number of hydrogen-bond acceptors (Lipinski definition) is 4. The summed E-state index contributed by atoms with van der Waals surface area (Å²) in [5.41, 5.74) is 9.23. The number of ether oxygens (including phenoxy) is 1. The number of fused-ring (bicyclic) bond motifs is 6. The third kappa shape index (κ3) is 3.88. The van der Waals surface area contributed by atoms with E-state index in [2.05, 4.69) is 96.8 Å². The number of benzene rings is 2. The van der Waals surface area contributed by atoms with E-state index in [1.807, 2.05) is 0 Å². The Kier molecular flexibility index (Phi) is 7.46. The van der Waals surface area contributed by atoms with Crippen LogP contribution in [0.5, 0.6) is 0 Å². The van der Waals surface area contributed by atoms with Crippen molar-refractivity contribution in [3.8, 4) is 0 Å². The minimum atomic E-state index is 0. The molecule has 11 rings (SSSR count). The maximum absolute atomic E-state index is 10.3. The van der Waals surface area contributed by atoms with Crippen LogP contribution in [-0.2, 0) is 10.2 Å². The first-order valence-electron chi connectivity index (χ1n) is 18.2. The highest BCUT2D eigenvalue weighted by atomic mass is 127. The van der Waals surface area contributed by atoms with E-state index < -0.39 is 0 Å². The van der Waals surface area contributed by atoms with Gasteiger partial charge in [0.25, 0.3) is 0 Å². The molecular formula is C40H48I2N4O2. The number of para-hydroxylation sites is 2. The first-order chi connectivity index (χ1) is 22.5. The highest BCUT2D eigenvalue weighted by molar-refractivity contribution is 5.70. The van der Waals surface area contributed by atoms with Crippen molar-refractivity contribution in [2.24, 2.45) is 23.7 Å². The van der Waals surface area contributed by atoms with Gasteiger partial charge in [0.15, 0.2) is 0 Å². The van der Waals surface area contributed by atoms with Crippen molar-refractivity contribution >= 4 is 11.4 Å². The molecule has 0 amide bonds. The Morgan fingerprint density at radius 1 is 0.979 bits per heavy atom. The number of aliphatic hydroxyl groups is 1. The number of aliphatic hydroxyl groups excluding tert-OH is 1. The number of nitrogens with zero attached hydrogens (tertiary/aromatic N) is 4. The molecule has 12 atom stereocenters. The minimum absolute atomic E-state index is 0. The average Bonchev–Trinajstić information content (AvgIpc) is 3.63. The monoisotopic (exact) mass is 870 g/mol. The van der Waals surface area contributed by atoms with Crippen LogP contribution in [0.1, 0.15) is 31.2 Å². The minimum Gasteiger partial charge on any atom is -1.00 e. The normalized spacial score (nSPS) is 45.8. The first-order valence-corrected chi connectivity index (χ1v) is 18.2. The summed E-state index contributed by atoms with van der Waals surface area (Å²) < 4.78 is 9.67. The molecule has 2 aromatic rings. The van der Waals surface area contributed by atoms with E-state index >= 15 is 0 Å². The predicted molar refractivity (Wildman–Crippen MR) is 180 cm³/mol. The second kappa shape index (κ2) is 11.0. The van der Waals surface area contributed by atoms with Gasteiger partial charge in [-0.1, -0.05) is 48.6 Å². The fourth-order valence-corrected chi connectivity index (χ4v) is 13.8. The van der Waals surface area contributed by atoms with Crippen LogP contribution in [0.4, 0.5) is 11.4 Å². The zero-order valence-corrected chi connectivity index (χ0v) is 32.4. The molecule has 2 saturated carbocycles. The van der Waals surface area contributed by atoms with Crippen LogP contribution < -0.4 is 57.8 Å². The number of quaternary nitrogens is 2. The van der Waals surface area contributed by atoms with Crippen LogP contribution in [0.3, 0.4) is 0 Å². The molecule has 4 bridgehead atoms. The molecule has 1 N–H and O–H groups in total. The Hall–Kier alpha value is -1.44. The summed E-state index contributed by atoms with van der Waals surface area (Å²) in [4.78, 5) is 5.69. The summed E-state index contributed by atoms with van der Waals surface area (Å²) in [5.74, 6) is 1.88. The van der Waals surface area contributed by atoms with E-state index in [1.54, 1.807) is 16.7 Å². The van der Waals surface area contributed by atoms with Crippen LogP contribution in [0.15, 0.2) is 89.7 Å². The Balaban J connectivity index is 0.00000157. The van der Waals surface area contributed by atoms with Crippen molar-refractivity contribution in [3.63, 3.8) is 0 Å². The molecule has 6 fully saturated rings. The van der Waals surface area contributed by atoms with E-state index in [-0.39, 0.29) is 72.2 Å². The third-order valence-corrected chi connectivity index (χ3v) is 15.3. The average molecular weight is 871 g/mol. The van der Waals surface area contributed by atoms with Crippen molar-refractivity contribution in [3.05, 3.63) is 95.2 Å². The first kappa shape index (κ1) is 32.5. The molecule has 0 radical (unpaired) electrons. The molecule has 7 heterocycles. The number of halogens is 2. The maximum atomic E-state index is 10.3. The van der Waals surface area contributed by atoms with E-state index in [1.165, 1.54) is 66.7 Å². The summed E-state index contributed by atoms with van der Waals surface area (Å²) in [6.07, 6.45) is 12.4. The number of likely N-dealkylation sites (N-methyl/N-ethyl adjacent to an activating group) is 2. The molecule has 9 aliphatic rings. The van der Waals surface area contributed by atoms with Gasteiger partial charge in [0.1, 0.15) is 25.4 Å². The standard InChI is InChI=1S/C40H48N4O2.2HI/c1-43-16-12-28-34(43)20-29(25(23-43)13-18-45)31-22-41-33-11-7-6-10-32(33)40-15-17-44(2)24-26-14-19-46-39(36(38(40)41)30(26)21-35(40)44)42(37(28)31)27-8-4-3-5-9-27;;/h3-11,13-14,22,28-30,34-39,45H,12,15-21,23-24H2,1-2H3;2*1H/q+2;;/p-2. The number of anilines is 2. The second-order valence-electron chi connectivity index (χ2n) is 16.9. The molecule has 4 saturated heterocycles. The molecule has 8 heteroatoms. The van der Waals surface area contributed by atoms with Crippen molar-refractivity contribution < 1.29 is 66.8 Å².